The van der Waals surface area contributed by atoms with Gasteiger partial charge in [-0.05, 0) is 32.1 Å². The van der Waals surface area contributed by atoms with Crippen molar-refractivity contribution in [3.05, 3.63) is 48.6 Å². The van der Waals surface area contributed by atoms with Crippen LogP contribution >= 0.6 is 0 Å². The van der Waals surface area contributed by atoms with Gasteiger partial charge in [0.1, 0.15) is 6.61 Å². The third-order valence-corrected chi connectivity index (χ3v) is 10.1. The average molecular weight is 789 g/mol. The summed E-state index contributed by atoms with van der Waals surface area (Å²) in [5.74, 6) is -1.49. The van der Waals surface area contributed by atoms with E-state index in [-0.39, 0.29) is 36.2 Å². The summed E-state index contributed by atoms with van der Waals surface area (Å²) in [7, 11) is 5.52. The van der Waals surface area contributed by atoms with E-state index in [4.69, 9.17) is 14.2 Å². The maximum absolute atomic E-state index is 12.7. The number of hydrogen-bond acceptors (Lipinski definition) is 6. The number of carboxylic acid groups (broad SMARTS) is 1. The molecule has 0 saturated carbocycles. The molecule has 0 aliphatic rings. The molecule has 8 heteroatoms. The van der Waals surface area contributed by atoms with Crippen molar-refractivity contribution in [1.29, 1.82) is 0 Å². The molecule has 2 unspecified atom stereocenters. The number of esters is 2. The van der Waals surface area contributed by atoms with E-state index < -0.39 is 18.1 Å². The Labute approximate surface area is 344 Å². The number of rotatable bonds is 40. The first-order chi connectivity index (χ1) is 27.1. The molecule has 8 nitrogen and oxygen atoms in total. The van der Waals surface area contributed by atoms with Gasteiger partial charge >= 0.3 is 17.9 Å². The zero-order valence-electron chi connectivity index (χ0n) is 36.8. The molecule has 0 amide bonds. The first-order valence-electron chi connectivity index (χ1n) is 22.7. The summed E-state index contributed by atoms with van der Waals surface area (Å²) in [6.45, 7) is 4.58. The summed E-state index contributed by atoms with van der Waals surface area (Å²) in [5, 5.41) is 9.62. The lowest BCUT2D eigenvalue weighted by Gasteiger charge is -2.31. The maximum atomic E-state index is 12.7. The summed E-state index contributed by atoms with van der Waals surface area (Å²) in [6, 6.07) is -0.619. The quantitative estimate of drug-likeness (QED) is 0.0286. The zero-order chi connectivity index (χ0) is 41.4. The number of ether oxygens (including phenoxy) is 3. The van der Waals surface area contributed by atoms with Gasteiger partial charge in [0, 0.05) is 19.3 Å². The first kappa shape index (κ1) is 53.3. The highest BCUT2D eigenvalue weighted by Crippen LogP contribution is 2.15. The Morgan fingerprint density at radius 2 is 1.00 bits per heavy atom. The van der Waals surface area contributed by atoms with Crippen LogP contribution in [0.3, 0.4) is 0 Å². The van der Waals surface area contributed by atoms with Crippen LogP contribution < -0.4 is 0 Å². The summed E-state index contributed by atoms with van der Waals surface area (Å²) in [6.07, 6.45) is 45.8. The molecule has 0 aliphatic carbocycles. The van der Waals surface area contributed by atoms with E-state index in [9.17, 15) is 19.5 Å². The molecule has 0 fully saturated rings. The number of nitrogens with zero attached hydrogens (tertiary/aromatic N) is 1. The van der Waals surface area contributed by atoms with Gasteiger partial charge in [0.25, 0.3) is 0 Å². The predicted octanol–water partition coefficient (Wildman–Crippen LogP) is 12.4. The number of aliphatic carboxylic acids is 1. The van der Waals surface area contributed by atoms with Crippen molar-refractivity contribution in [2.45, 2.75) is 199 Å². The molecule has 0 radical (unpaired) electrons. The normalized spacial score (nSPS) is 13.4. The monoisotopic (exact) mass is 789 g/mol. The van der Waals surface area contributed by atoms with Crippen molar-refractivity contribution in [2.75, 3.05) is 41.0 Å². The second-order valence-electron chi connectivity index (χ2n) is 16.4. The lowest BCUT2D eigenvalue weighted by Crippen LogP contribution is -2.50. The second-order valence-corrected chi connectivity index (χ2v) is 16.4. The molecule has 0 spiro atoms. The van der Waals surface area contributed by atoms with Crippen molar-refractivity contribution in [3.63, 3.8) is 0 Å². The number of allylic oxidation sites excluding steroid dienone is 8. The van der Waals surface area contributed by atoms with Gasteiger partial charge < -0.3 is 23.8 Å². The molecule has 0 aromatic rings. The molecule has 0 saturated heterocycles. The van der Waals surface area contributed by atoms with Crippen molar-refractivity contribution in [2.24, 2.45) is 0 Å². The molecular weight excluding hydrogens is 703 g/mol. The summed E-state index contributed by atoms with van der Waals surface area (Å²) >= 11 is 0. The minimum absolute atomic E-state index is 0.0521. The fraction of sp³-hybridized carbons (Fsp3) is 0.771. The third-order valence-electron chi connectivity index (χ3n) is 10.1. The van der Waals surface area contributed by atoms with Crippen LogP contribution in [0.25, 0.3) is 0 Å². The molecule has 0 aromatic carbocycles. The largest absolute Gasteiger partial charge is 0.477 e. The number of carboxylic acids is 1. The topological polar surface area (TPSA) is 99.1 Å². The highest BCUT2D eigenvalue weighted by atomic mass is 16.6. The van der Waals surface area contributed by atoms with Gasteiger partial charge in [-0.1, -0.05) is 184 Å². The Morgan fingerprint density at radius 1 is 0.554 bits per heavy atom. The fourth-order valence-corrected chi connectivity index (χ4v) is 6.57. The Morgan fingerprint density at radius 3 is 1.48 bits per heavy atom. The second kappa shape index (κ2) is 39.1. The van der Waals surface area contributed by atoms with Gasteiger partial charge in [-0.2, -0.15) is 0 Å². The molecular formula is C48H86NO7+. The maximum Gasteiger partial charge on any atom is 0.362 e. The lowest BCUT2D eigenvalue weighted by atomic mass is 10.0. The highest BCUT2D eigenvalue weighted by molar-refractivity contribution is 5.72. The van der Waals surface area contributed by atoms with Gasteiger partial charge in [0.15, 0.2) is 12.1 Å². The molecule has 0 rings (SSSR count). The van der Waals surface area contributed by atoms with E-state index in [1.807, 2.05) is 45.4 Å². The van der Waals surface area contributed by atoms with Crippen LogP contribution in [0.15, 0.2) is 48.6 Å². The molecule has 324 valence electrons. The predicted molar refractivity (Wildman–Crippen MR) is 234 cm³/mol. The summed E-state index contributed by atoms with van der Waals surface area (Å²) in [4.78, 5) is 37.0. The van der Waals surface area contributed by atoms with Gasteiger partial charge in [-0.3, -0.25) is 9.59 Å². The minimum Gasteiger partial charge on any atom is -0.477 e. The van der Waals surface area contributed by atoms with Crippen molar-refractivity contribution in [3.8, 4) is 0 Å². The van der Waals surface area contributed by atoms with Gasteiger partial charge in [-0.25, -0.2) is 4.79 Å². The van der Waals surface area contributed by atoms with E-state index >= 15 is 0 Å². The van der Waals surface area contributed by atoms with Crippen LogP contribution in [-0.4, -0.2) is 80.6 Å². The van der Waals surface area contributed by atoms with Crippen LogP contribution in [0, 0.1) is 0 Å². The molecule has 0 bridgehead atoms. The van der Waals surface area contributed by atoms with E-state index in [1.54, 1.807) is 0 Å². The van der Waals surface area contributed by atoms with E-state index in [2.05, 4.69) is 38.2 Å². The zero-order valence-corrected chi connectivity index (χ0v) is 36.8. The highest BCUT2D eigenvalue weighted by Gasteiger charge is 2.31. The van der Waals surface area contributed by atoms with Gasteiger partial charge in [0.05, 0.1) is 34.4 Å². The number of carbonyl (C=O) groups excluding carboxylic acids is 2. The average Bonchev–Trinajstić information content (AvgIpc) is 3.15. The smallest absolute Gasteiger partial charge is 0.362 e. The van der Waals surface area contributed by atoms with Crippen LogP contribution in [0.2, 0.25) is 0 Å². The summed E-state index contributed by atoms with van der Waals surface area (Å²) in [5.41, 5.74) is 0. The molecule has 2 atom stereocenters. The van der Waals surface area contributed by atoms with Gasteiger partial charge in [-0.15, -0.1) is 0 Å². The fourth-order valence-electron chi connectivity index (χ4n) is 6.57. The molecule has 0 aliphatic heterocycles. The molecule has 56 heavy (non-hydrogen) atoms. The number of likely N-dealkylation sites (N-methyl/N-ethyl adjacent to an activating group) is 1. The van der Waals surface area contributed by atoms with Crippen LogP contribution in [0.5, 0.6) is 0 Å². The first-order valence-corrected chi connectivity index (χ1v) is 22.7. The molecule has 0 aromatic heterocycles. The Kier molecular flexibility index (Phi) is 37.2. The minimum atomic E-state index is -0.879. The molecule has 0 heterocycles. The van der Waals surface area contributed by atoms with E-state index in [0.29, 0.717) is 19.3 Å². The Hall–Kier alpha value is -2.71. The number of quaternary nitrogens is 1. The van der Waals surface area contributed by atoms with Gasteiger partial charge in [0.2, 0.25) is 0 Å². The van der Waals surface area contributed by atoms with Crippen LogP contribution in [-0.2, 0) is 28.6 Å². The van der Waals surface area contributed by atoms with Crippen LogP contribution in [0.4, 0.5) is 0 Å². The van der Waals surface area contributed by atoms with Crippen molar-refractivity contribution >= 4 is 17.9 Å². The van der Waals surface area contributed by atoms with Crippen LogP contribution in [0.1, 0.15) is 187 Å². The number of unbranched alkanes of at least 4 members (excludes halogenated alkanes) is 21. The van der Waals surface area contributed by atoms with Crippen molar-refractivity contribution in [1.82, 2.24) is 0 Å². The SMILES string of the molecule is CC/C=C/C=C/C=C/C=C/CCCCCCCC(=O)OC(COCCC(C(=O)O)[N+](C)(C)C)COC(=O)CCCCCCCCCCCCCCCCCCC. The Bertz CT molecular complexity index is 1060. The number of carbonyl (C=O) groups is 3. The number of hydrogen-bond donors (Lipinski definition) is 1. The lowest BCUT2D eigenvalue weighted by molar-refractivity contribution is -0.887. The Balaban J connectivity index is 4.34. The molecule has 1 N–H and O–H groups in total. The van der Waals surface area contributed by atoms with E-state index in [1.165, 1.54) is 89.9 Å². The standard InChI is InChI=1S/C48H85NO7/c1-6-8-10-12-14-16-18-20-22-23-25-26-28-30-32-34-36-38-46(50)55-43-44(42-54-41-40-45(48(52)53)49(3,4)5)56-47(51)39-37-35-33-31-29-27-24-21-19-17-15-13-11-9-7-2/h9,11,13,15,17,19,21,24,44-45H,6-8,10,12,14,16,18,20,22-23,25-43H2,1-5H3/p+1/b11-9+,15-13+,19-17+,24-21+. The summed E-state index contributed by atoms with van der Waals surface area (Å²) < 4.78 is 17.3. The van der Waals surface area contributed by atoms with E-state index in [0.717, 1.165) is 64.2 Å². The van der Waals surface area contributed by atoms with Crippen molar-refractivity contribution < 1.29 is 38.2 Å². The third kappa shape index (κ3) is 36.9.